The highest BCUT2D eigenvalue weighted by atomic mass is 16.5. The van der Waals surface area contributed by atoms with Gasteiger partial charge in [-0.1, -0.05) is 5.16 Å². The lowest BCUT2D eigenvalue weighted by atomic mass is 10.2. The van der Waals surface area contributed by atoms with E-state index in [0.29, 0.717) is 17.4 Å². The average molecular weight is 309 g/mol. The third-order valence-electron chi connectivity index (χ3n) is 3.75. The van der Waals surface area contributed by atoms with Crippen molar-refractivity contribution in [1.82, 2.24) is 20.3 Å². The smallest absolute Gasteiger partial charge is 0.294 e. The van der Waals surface area contributed by atoms with Crippen LogP contribution in [0.1, 0.15) is 40.8 Å². The molecule has 0 atom stereocenters. The van der Waals surface area contributed by atoms with E-state index in [1.165, 1.54) is 0 Å². The molecular formula is C16H15N5O2. The topological polar surface area (TPSA) is 96.7 Å². The van der Waals surface area contributed by atoms with Gasteiger partial charge in [0.15, 0.2) is 5.82 Å². The van der Waals surface area contributed by atoms with Gasteiger partial charge in [0.05, 0.1) is 5.69 Å². The van der Waals surface area contributed by atoms with Gasteiger partial charge < -0.3 is 9.84 Å². The number of carbonyl (C=O) groups excluding carboxylic acids is 1. The Bertz CT molecular complexity index is 845. The predicted octanol–water partition coefficient (Wildman–Crippen LogP) is 2.90. The summed E-state index contributed by atoms with van der Waals surface area (Å²) < 4.78 is 5.11. The molecule has 0 saturated heterocycles. The lowest BCUT2D eigenvalue weighted by Gasteiger charge is -2.03. The third kappa shape index (κ3) is 2.85. The minimum atomic E-state index is -0.300. The van der Waals surface area contributed by atoms with Crippen molar-refractivity contribution in [1.29, 1.82) is 0 Å². The van der Waals surface area contributed by atoms with E-state index < -0.39 is 0 Å². The van der Waals surface area contributed by atoms with Crippen molar-refractivity contribution in [2.75, 3.05) is 5.32 Å². The van der Waals surface area contributed by atoms with Crippen LogP contribution in [0.3, 0.4) is 0 Å². The van der Waals surface area contributed by atoms with Crippen molar-refractivity contribution >= 4 is 11.6 Å². The maximum atomic E-state index is 12.2. The lowest BCUT2D eigenvalue weighted by molar-refractivity contribution is 0.0988. The van der Waals surface area contributed by atoms with Crippen LogP contribution in [0.5, 0.6) is 0 Å². The zero-order chi connectivity index (χ0) is 15.8. The molecule has 4 rings (SSSR count). The van der Waals surface area contributed by atoms with E-state index in [9.17, 15) is 4.79 Å². The van der Waals surface area contributed by atoms with Crippen LogP contribution in [-0.4, -0.2) is 26.2 Å². The second-order valence-electron chi connectivity index (χ2n) is 5.67. The van der Waals surface area contributed by atoms with Crippen LogP contribution < -0.4 is 5.32 Å². The minimum absolute atomic E-state index is 0.237. The summed E-state index contributed by atoms with van der Waals surface area (Å²) in [5, 5.41) is 13.6. The maximum Gasteiger partial charge on any atom is 0.294 e. The number of carbonyl (C=O) groups is 1. The number of anilines is 1. The molecule has 23 heavy (non-hydrogen) atoms. The zero-order valence-corrected chi connectivity index (χ0v) is 12.5. The number of nitrogens with one attached hydrogen (secondary N) is 2. The first-order valence-electron chi connectivity index (χ1n) is 7.46. The van der Waals surface area contributed by atoms with E-state index in [-0.39, 0.29) is 11.7 Å². The molecule has 0 unspecified atom stereocenters. The first kappa shape index (κ1) is 13.7. The Balaban J connectivity index is 1.46. The molecule has 0 aliphatic heterocycles. The molecule has 2 heterocycles. The van der Waals surface area contributed by atoms with E-state index >= 15 is 0 Å². The van der Waals surface area contributed by atoms with Crippen LogP contribution in [0.25, 0.3) is 11.4 Å². The molecule has 1 saturated carbocycles. The molecule has 2 N–H and O–H groups in total. The van der Waals surface area contributed by atoms with Gasteiger partial charge in [0.25, 0.3) is 5.91 Å². The summed E-state index contributed by atoms with van der Waals surface area (Å²) in [7, 11) is 0. The third-order valence-corrected chi connectivity index (χ3v) is 3.75. The van der Waals surface area contributed by atoms with Crippen LogP contribution in [0.4, 0.5) is 5.69 Å². The van der Waals surface area contributed by atoms with Gasteiger partial charge in [-0.2, -0.15) is 5.10 Å². The van der Waals surface area contributed by atoms with Crippen LogP contribution in [0.15, 0.2) is 34.9 Å². The highest BCUT2D eigenvalue weighted by Crippen LogP contribution is 2.39. The molecular weight excluding hydrogens is 294 g/mol. The number of aromatic nitrogens is 4. The number of benzene rings is 1. The van der Waals surface area contributed by atoms with E-state index in [2.05, 4.69) is 25.7 Å². The zero-order valence-electron chi connectivity index (χ0n) is 12.5. The van der Waals surface area contributed by atoms with E-state index in [4.69, 9.17) is 4.52 Å². The van der Waals surface area contributed by atoms with Gasteiger partial charge in [-0.3, -0.25) is 9.89 Å². The molecule has 0 bridgehead atoms. The molecule has 7 heteroatoms. The summed E-state index contributed by atoms with van der Waals surface area (Å²) in [4.78, 5) is 16.4. The number of hydrogen-bond donors (Lipinski definition) is 2. The van der Waals surface area contributed by atoms with Gasteiger partial charge in [0.2, 0.25) is 5.76 Å². The fourth-order valence-corrected chi connectivity index (χ4v) is 2.33. The molecule has 0 radical (unpaired) electrons. The van der Waals surface area contributed by atoms with E-state index in [1.54, 1.807) is 18.2 Å². The van der Waals surface area contributed by atoms with Gasteiger partial charge in [-0.15, -0.1) is 0 Å². The van der Waals surface area contributed by atoms with Crippen molar-refractivity contribution in [2.45, 2.75) is 25.7 Å². The molecule has 116 valence electrons. The Labute approximate surface area is 132 Å². The SMILES string of the molecule is Cc1nc(-c2ccc(NC(=O)c3cc(C4CC4)no3)cc2)n[nH]1. The van der Waals surface area contributed by atoms with Gasteiger partial charge in [0.1, 0.15) is 5.82 Å². The van der Waals surface area contributed by atoms with Crippen LogP contribution in [0, 0.1) is 6.92 Å². The molecule has 1 aliphatic rings. The maximum absolute atomic E-state index is 12.2. The number of H-pyrrole nitrogens is 1. The quantitative estimate of drug-likeness (QED) is 0.772. The first-order chi connectivity index (χ1) is 11.2. The minimum Gasteiger partial charge on any atom is -0.351 e. The number of hydrogen-bond acceptors (Lipinski definition) is 5. The van der Waals surface area contributed by atoms with Crippen molar-refractivity contribution in [3.8, 4) is 11.4 Å². The Morgan fingerprint density at radius 2 is 2.09 bits per heavy atom. The van der Waals surface area contributed by atoms with Crippen molar-refractivity contribution in [2.24, 2.45) is 0 Å². The van der Waals surface area contributed by atoms with Crippen LogP contribution in [0.2, 0.25) is 0 Å². The molecule has 1 aliphatic carbocycles. The van der Waals surface area contributed by atoms with E-state index in [0.717, 1.165) is 29.9 Å². The van der Waals surface area contributed by atoms with Gasteiger partial charge in [-0.25, -0.2) is 4.98 Å². The van der Waals surface area contributed by atoms with Crippen molar-refractivity contribution < 1.29 is 9.32 Å². The number of amides is 1. The Hall–Kier alpha value is -2.96. The average Bonchev–Trinajstić information content (AvgIpc) is 3.12. The summed E-state index contributed by atoms with van der Waals surface area (Å²) in [6.45, 7) is 1.85. The highest BCUT2D eigenvalue weighted by Gasteiger charge is 2.28. The Morgan fingerprint density at radius 1 is 1.30 bits per heavy atom. The van der Waals surface area contributed by atoms with Crippen molar-refractivity contribution in [3.05, 3.63) is 47.6 Å². The van der Waals surface area contributed by atoms with Gasteiger partial charge >= 0.3 is 0 Å². The van der Waals surface area contributed by atoms with E-state index in [1.807, 2.05) is 19.1 Å². The fraction of sp³-hybridized carbons (Fsp3) is 0.250. The predicted molar refractivity (Wildman–Crippen MR) is 83.0 cm³/mol. The monoisotopic (exact) mass is 309 g/mol. The Morgan fingerprint density at radius 3 is 2.74 bits per heavy atom. The van der Waals surface area contributed by atoms with Gasteiger partial charge in [-0.05, 0) is 44.0 Å². The summed E-state index contributed by atoms with van der Waals surface area (Å²) >= 11 is 0. The largest absolute Gasteiger partial charge is 0.351 e. The Kier molecular flexibility index (Phi) is 3.18. The summed E-state index contributed by atoms with van der Waals surface area (Å²) in [5.74, 6) is 1.79. The first-order valence-corrected chi connectivity index (χ1v) is 7.46. The number of aryl methyl sites for hydroxylation is 1. The standard InChI is InChI=1S/C16H15N5O2/c1-9-17-15(20-19-9)11-4-6-12(7-5-11)18-16(22)14-8-13(21-23-14)10-2-3-10/h4-8,10H,2-3H2,1H3,(H,18,22)(H,17,19,20). The summed E-state index contributed by atoms with van der Waals surface area (Å²) in [6.07, 6.45) is 2.24. The molecule has 2 aromatic heterocycles. The highest BCUT2D eigenvalue weighted by molar-refractivity contribution is 6.02. The summed E-state index contributed by atoms with van der Waals surface area (Å²) in [5.41, 5.74) is 2.42. The second-order valence-corrected chi connectivity index (χ2v) is 5.67. The van der Waals surface area contributed by atoms with Crippen LogP contribution >= 0.6 is 0 Å². The normalized spacial score (nSPS) is 14.0. The number of rotatable bonds is 4. The molecule has 1 amide bonds. The molecule has 1 fully saturated rings. The van der Waals surface area contributed by atoms with Gasteiger partial charge in [0, 0.05) is 23.2 Å². The van der Waals surface area contributed by atoms with Crippen molar-refractivity contribution in [3.63, 3.8) is 0 Å². The summed E-state index contributed by atoms with van der Waals surface area (Å²) in [6, 6.07) is 9.04. The molecule has 7 nitrogen and oxygen atoms in total. The number of nitrogens with zero attached hydrogens (tertiary/aromatic N) is 3. The molecule has 3 aromatic rings. The number of aromatic amines is 1. The second kappa shape index (κ2) is 5.35. The molecule has 1 aromatic carbocycles. The molecule has 0 spiro atoms. The van der Waals surface area contributed by atoms with Crippen LogP contribution in [-0.2, 0) is 0 Å². The lowest BCUT2D eigenvalue weighted by Crippen LogP contribution is -2.10. The fourth-order valence-electron chi connectivity index (χ4n) is 2.33.